The second kappa shape index (κ2) is 5.77. The van der Waals surface area contributed by atoms with E-state index in [9.17, 15) is 18.0 Å². The molecule has 112 valence electrons. The molecule has 0 radical (unpaired) electrons. The lowest BCUT2D eigenvalue weighted by Gasteiger charge is -2.06. The van der Waals surface area contributed by atoms with Gasteiger partial charge in [-0.2, -0.15) is 13.2 Å². The van der Waals surface area contributed by atoms with Crippen LogP contribution in [0.1, 0.15) is 15.2 Å². The highest BCUT2D eigenvalue weighted by Gasteiger charge is 2.30. The molecule has 0 saturated heterocycles. The van der Waals surface area contributed by atoms with Gasteiger partial charge >= 0.3 is 12.1 Å². The van der Waals surface area contributed by atoms with Gasteiger partial charge in [0.15, 0.2) is 0 Å². The first-order valence-electron chi connectivity index (χ1n) is 5.94. The molecule has 21 heavy (non-hydrogen) atoms. The second-order valence-electron chi connectivity index (χ2n) is 4.17. The van der Waals surface area contributed by atoms with Crippen LogP contribution in [0.3, 0.4) is 0 Å². The van der Waals surface area contributed by atoms with Crippen molar-refractivity contribution in [3.8, 4) is 10.4 Å². The first-order valence-corrected chi connectivity index (χ1v) is 6.76. The molecule has 0 unspecified atom stereocenters. The zero-order valence-electron chi connectivity index (χ0n) is 11.2. The number of carbonyl (C=O) groups excluding carboxylic acids is 1. The van der Waals surface area contributed by atoms with E-state index >= 15 is 0 Å². The first kappa shape index (κ1) is 15.4. The number of hydrogen-bond donors (Lipinski definition) is 1. The van der Waals surface area contributed by atoms with Crippen LogP contribution in [0.2, 0.25) is 0 Å². The molecule has 1 N–H and O–H groups in total. The van der Waals surface area contributed by atoms with E-state index in [0.29, 0.717) is 21.0 Å². The Labute approximate surface area is 123 Å². The maximum absolute atomic E-state index is 12.5. The Hall–Kier alpha value is -2.02. The van der Waals surface area contributed by atoms with Crippen molar-refractivity contribution in [2.45, 2.75) is 6.18 Å². The molecule has 1 aromatic carbocycles. The summed E-state index contributed by atoms with van der Waals surface area (Å²) in [4.78, 5) is 12.7. The summed E-state index contributed by atoms with van der Waals surface area (Å²) in [6.45, 7) is 0. The van der Waals surface area contributed by atoms with Gasteiger partial charge in [0.1, 0.15) is 4.88 Å². The average molecular weight is 315 g/mol. The molecule has 2 aromatic rings. The smallest absolute Gasteiger partial charge is 0.416 e. The number of halogens is 3. The standard InChI is InChI=1S/C14H12F3NO2S/c1-18-10-7-11(21-12(10)13(19)20-2)8-3-5-9(6-4-8)14(15,16)17/h3-7,18H,1-2H3. The molecule has 0 aliphatic rings. The first-order chi connectivity index (χ1) is 9.86. The number of alkyl halides is 3. The third kappa shape index (κ3) is 3.18. The Balaban J connectivity index is 2.38. The zero-order chi connectivity index (χ0) is 15.6. The normalized spacial score (nSPS) is 11.3. The minimum Gasteiger partial charge on any atom is -0.465 e. The van der Waals surface area contributed by atoms with Crippen LogP contribution in [0.5, 0.6) is 0 Å². The van der Waals surface area contributed by atoms with Crippen molar-refractivity contribution >= 4 is 23.0 Å². The van der Waals surface area contributed by atoms with Gasteiger partial charge in [0, 0.05) is 11.9 Å². The molecular formula is C14H12F3NO2S. The Morgan fingerprint density at radius 2 is 1.86 bits per heavy atom. The van der Waals surface area contributed by atoms with Gasteiger partial charge in [0.25, 0.3) is 0 Å². The summed E-state index contributed by atoms with van der Waals surface area (Å²) < 4.78 is 42.3. The molecule has 0 bridgehead atoms. The van der Waals surface area contributed by atoms with Gasteiger partial charge in [0.05, 0.1) is 18.4 Å². The monoisotopic (exact) mass is 315 g/mol. The largest absolute Gasteiger partial charge is 0.465 e. The summed E-state index contributed by atoms with van der Waals surface area (Å²) in [6, 6.07) is 6.52. The molecule has 0 spiro atoms. The fourth-order valence-electron chi connectivity index (χ4n) is 1.79. The van der Waals surface area contributed by atoms with Crippen molar-refractivity contribution in [2.24, 2.45) is 0 Å². The number of rotatable bonds is 3. The van der Waals surface area contributed by atoms with Gasteiger partial charge in [-0.05, 0) is 23.8 Å². The lowest BCUT2D eigenvalue weighted by molar-refractivity contribution is -0.137. The Morgan fingerprint density at radius 1 is 1.24 bits per heavy atom. The summed E-state index contributed by atoms with van der Waals surface area (Å²) in [6.07, 6.45) is -4.36. The summed E-state index contributed by atoms with van der Waals surface area (Å²) in [7, 11) is 2.93. The average Bonchev–Trinajstić information content (AvgIpc) is 2.90. The molecule has 0 fully saturated rings. The van der Waals surface area contributed by atoms with E-state index in [4.69, 9.17) is 0 Å². The number of hydrogen-bond acceptors (Lipinski definition) is 4. The van der Waals surface area contributed by atoms with E-state index in [2.05, 4.69) is 10.1 Å². The number of methoxy groups -OCH3 is 1. The quantitative estimate of drug-likeness (QED) is 0.860. The van der Waals surface area contributed by atoms with E-state index in [1.54, 1.807) is 13.1 Å². The maximum atomic E-state index is 12.5. The van der Waals surface area contributed by atoms with Gasteiger partial charge < -0.3 is 10.1 Å². The van der Waals surface area contributed by atoms with E-state index in [0.717, 1.165) is 23.5 Å². The lowest BCUT2D eigenvalue weighted by Crippen LogP contribution is -2.03. The van der Waals surface area contributed by atoms with Crippen LogP contribution in [-0.4, -0.2) is 20.1 Å². The Kier molecular flexibility index (Phi) is 4.22. The van der Waals surface area contributed by atoms with Crippen LogP contribution < -0.4 is 5.32 Å². The van der Waals surface area contributed by atoms with Gasteiger partial charge in [-0.25, -0.2) is 4.79 Å². The van der Waals surface area contributed by atoms with Crippen LogP contribution in [0.15, 0.2) is 30.3 Å². The Morgan fingerprint density at radius 3 is 2.33 bits per heavy atom. The van der Waals surface area contributed by atoms with Crippen molar-refractivity contribution in [2.75, 3.05) is 19.5 Å². The highest BCUT2D eigenvalue weighted by atomic mass is 32.1. The molecule has 3 nitrogen and oxygen atoms in total. The van der Waals surface area contributed by atoms with Gasteiger partial charge in [-0.15, -0.1) is 11.3 Å². The number of esters is 1. The number of thiophene rings is 1. The van der Waals surface area contributed by atoms with Gasteiger partial charge in [-0.3, -0.25) is 0 Å². The van der Waals surface area contributed by atoms with Crippen LogP contribution in [0, 0.1) is 0 Å². The highest BCUT2D eigenvalue weighted by Crippen LogP contribution is 2.36. The van der Waals surface area contributed by atoms with Crippen molar-refractivity contribution in [3.05, 3.63) is 40.8 Å². The summed E-state index contributed by atoms with van der Waals surface area (Å²) in [5, 5.41) is 2.87. The van der Waals surface area contributed by atoms with Crippen molar-refractivity contribution < 1.29 is 22.7 Å². The van der Waals surface area contributed by atoms with Crippen LogP contribution in [0.25, 0.3) is 10.4 Å². The molecule has 0 atom stereocenters. The summed E-state index contributed by atoms with van der Waals surface area (Å²) in [5.41, 5.74) is 0.492. The molecular weight excluding hydrogens is 303 g/mol. The number of nitrogens with one attached hydrogen (secondary N) is 1. The zero-order valence-corrected chi connectivity index (χ0v) is 12.1. The number of anilines is 1. The fraction of sp³-hybridized carbons (Fsp3) is 0.214. The molecule has 1 aromatic heterocycles. The highest BCUT2D eigenvalue weighted by molar-refractivity contribution is 7.18. The SMILES string of the molecule is CNc1cc(-c2ccc(C(F)(F)F)cc2)sc1C(=O)OC. The molecule has 0 saturated carbocycles. The molecule has 0 amide bonds. The minimum atomic E-state index is -4.36. The predicted molar refractivity (Wildman–Crippen MR) is 75.6 cm³/mol. The minimum absolute atomic E-state index is 0.384. The Bertz CT molecular complexity index is 647. The third-order valence-corrected chi connectivity index (χ3v) is 4.03. The van der Waals surface area contributed by atoms with Crippen LogP contribution in [0.4, 0.5) is 18.9 Å². The predicted octanol–water partition coefficient (Wildman–Crippen LogP) is 4.26. The fourth-order valence-corrected chi connectivity index (χ4v) is 2.88. The summed E-state index contributed by atoms with van der Waals surface area (Å²) >= 11 is 1.16. The van der Waals surface area contributed by atoms with Crippen molar-refractivity contribution in [1.82, 2.24) is 0 Å². The van der Waals surface area contributed by atoms with E-state index in [-0.39, 0.29) is 0 Å². The van der Waals surface area contributed by atoms with E-state index < -0.39 is 17.7 Å². The van der Waals surface area contributed by atoms with Gasteiger partial charge in [-0.1, -0.05) is 12.1 Å². The molecule has 2 rings (SSSR count). The second-order valence-corrected chi connectivity index (χ2v) is 5.22. The number of ether oxygens (including phenoxy) is 1. The molecule has 7 heteroatoms. The maximum Gasteiger partial charge on any atom is 0.416 e. The lowest BCUT2D eigenvalue weighted by atomic mass is 10.1. The third-order valence-electron chi connectivity index (χ3n) is 2.87. The summed E-state index contributed by atoms with van der Waals surface area (Å²) in [5.74, 6) is -0.484. The van der Waals surface area contributed by atoms with E-state index in [1.807, 2.05) is 0 Å². The van der Waals surface area contributed by atoms with Crippen molar-refractivity contribution in [1.29, 1.82) is 0 Å². The van der Waals surface area contributed by atoms with Crippen LogP contribution in [-0.2, 0) is 10.9 Å². The number of benzene rings is 1. The topological polar surface area (TPSA) is 38.3 Å². The number of carbonyl (C=O) groups is 1. The van der Waals surface area contributed by atoms with Crippen LogP contribution >= 0.6 is 11.3 Å². The van der Waals surface area contributed by atoms with Crippen molar-refractivity contribution in [3.63, 3.8) is 0 Å². The van der Waals surface area contributed by atoms with E-state index in [1.165, 1.54) is 19.2 Å². The molecule has 1 heterocycles. The van der Waals surface area contributed by atoms with Gasteiger partial charge in [0.2, 0.25) is 0 Å². The molecule has 0 aliphatic heterocycles. The molecule has 0 aliphatic carbocycles.